The number of nitrogens with zero attached hydrogens (tertiary/aromatic N) is 2. The van der Waals surface area contributed by atoms with Crippen LogP contribution in [0.2, 0.25) is 0 Å². The first-order valence-electron chi connectivity index (χ1n) is 9.80. The van der Waals surface area contributed by atoms with E-state index in [-0.39, 0.29) is 5.92 Å². The summed E-state index contributed by atoms with van der Waals surface area (Å²) < 4.78 is 5.96. The highest BCUT2D eigenvalue weighted by molar-refractivity contribution is 5.79. The van der Waals surface area contributed by atoms with Gasteiger partial charge >= 0.3 is 0 Å². The van der Waals surface area contributed by atoms with Gasteiger partial charge in [-0.15, -0.1) is 0 Å². The molecular weight excluding hydrogens is 326 g/mol. The molecule has 1 N–H and O–H groups in total. The molecule has 0 radical (unpaired) electrons. The van der Waals surface area contributed by atoms with Crippen LogP contribution in [-0.2, 0) is 30.6 Å². The van der Waals surface area contributed by atoms with E-state index in [1.54, 1.807) is 0 Å². The van der Waals surface area contributed by atoms with E-state index in [9.17, 15) is 4.79 Å². The Hall–Kier alpha value is -2.14. The zero-order chi connectivity index (χ0) is 17.8. The van der Waals surface area contributed by atoms with E-state index in [0.717, 1.165) is 75.5 Å². The second-order valence-corrected chi connectivity index (χ2v) is 7.35. The van der Waals surface area contributed by atoms with Gasteiger partial charge in [0, 0.05) is 25.3 Å². The minimum atomic E-state index is 0.163. The van der Waals surface area contributed by atoms with Crippen molar-refractivity contribution in [1.82, 2.24) is 15.2 Å². The number of hydrogen-bond acceptors (Lipinski definition) is 4. The number of fused-ring (bicyclic) bond motifs is 1. The topological polar surface area (TPSA) is 58.4 Å². The number of aryl methyl sites for hydroxylation is 2. The molecule has 1 unspecified atom stereocenters. The SMILES string of the molecule is O=C(C1CCCNCC1)N1CCc2oc(CCc3ccccc3)nc2C1. The van der Waals surface area contributed by atoms with E-state index >= 15 is 0 Å². The number of benzene rings is 1. The van der Waals surface area contributed by atoms with Gasteiger partial charge in [0.15, 0.2) is 5.89 Å². The summed E-state index contributed by atoms with van der Waals surface area (Å²) in [6, 6.07) is 10.4. The van der Waals surface area contributed by atoms with Crippen LogP contribution in [0.5, 0.6) is 0 Å². The summed E-state index contributed by atoms with van der Waals surface area (Å²) in [5, 5.41) is 3.38. The fourth-order valence-electron chi connectivity index (χ4n) is 3.97. The Kier molecular flexibility index (Phi) is 5.34. The summed E-state index contributed by atoms with van der Waals surface area (Å²) in [6.07, 6.45) is 5.55. The number of hydrogen-bond donors (Lipinski definition) is 1. The van der Waals surface area contributed by atoms with Crippen molar-refractivity contribution < 1.29 is 9.21 Å². The summed E-state index contributed by atoms with van der Waals surface area (Å²) in [7, 11) is 0. The first-order chi connectivity index (χ1) is 12.8. The van der Waals surface area contributed by atoms with Crippen molar-refractivity contribution in [3.05, 3.63) is 53.2 Å². The third-order valence-electron chi connectivity index (χ3n) is 5.48. The molecule has 1 amide bonds. The molecule has 5 nitrogen and oxygen atoms in total. The van der Waals surface area contributed by atoms with Crippen LogP contribution in [0.1, 0.15) is 42.2 Å². The first-order valence-corrected chi connectivity index (χ1v) is 9.80. The Bertz CT molecular complexity index is 733. The summed E-state index contributed by atoms with van der Waals surface area (Å²) in [5.41, 5.74) is 2.25. The highest BCUT2D eigenvalue weighted by Crippen LogP contribution is 2.24. The van der Waals surface area contributed by atoms with E-state index in [0.29, 0.717) is 12.5 Å². The number of carbonyl (C=O) groups is 1. The lowest BCUT2D eigenvalue weighted by Crippen LogP contribution is -2.40. The third-order valence-corrected chi connectivity index (χ3v) is 5.48. The molecule has 1 fully saturated rings. The Morgan fingerprint density at radius 1 is 1.19 bits per heavy atom. The molecule has 4 rings (SSSR count). The Morgan fingerprint density at radius 2 is 2.08 bits per heavy atom. The molecule has 1 saturated heterocycles. The smallest absolute Gasteiger partial charge is 0.226 e. The number of oxazole rings is 1. The summed E-state index contributed by atoms with van der Waals surface area (Å²) in [4.78, 5) is 19.6. The number of nitrogens with one attached hydrogen (secondary N) is 1. The molecule has 0 saturated carbocycles. The van der Waals surface area contributed by atoms with Crippen LogP contribution >= 0.6 is 0 Å². The predicted molar refractivity (Wildman–Crippen MR) is 99.7 cm³/mol. The zero-order valence-electron chi connectivity index (χ0n) is 15.2. The maximum atomic E-state index is 12.9. The van der Waals surface area contributed by atoms with Crippen LogP contribution in [0, 0.1) is 5.92 Å². The number of carbonyl (C=O) groups excluding carboxylic acids is 1. The second-order valence-electron chi connectivity index (χ2n) is 7.35. The average molecular weight is 353 g/mol. The highest BCUT2D eigenvalue weighted by atomic mass is 16.4. The Balaban J connectivity index is 1.37. The van der Waals surface area contributed by atoms with Gasteiger partial charge in [0.1, 0.15) is 11.5 Å². The van der Waals surface area contributed by atoms with Crippen molar-refractivity contribution in [3.63, 3.8) is 0 Å². The molecule has 26 heavy (non-hydrogen) atoms. The molecule has 2 aromatic rings. The summed E-state index contributed by atoms with van der Waals surface area (Å²) in [5.74, 6) is 2.23. The lowest BCUT2D eigenvalue weighted by atomic mass is 9.98. The van der Waals surface area contributed by atoms with Gasteiger partial charge in [-0.1, -0.05) is 30.3 Å². The first kappa shape index (κ1) is 17.3. The maximum Gasteiger partial charge on any atom is 0.226 e. The lowest BCUT2D eigenvalue weighted by molar-refractivity contribution is -0.137. The number of amides is 1. The van der Waals surface area contributed by atoms with Gasteiger partial charge < -0.3 is 14.6 Å². The molecule has 5 heteroatoms. The van der Waals surface area contributed by atoms with E-state index < -0.39 is 0 Å². The van der Waals surface area contributed by atoms with Gasteiger partial charge in [-0.25, -0.2) is 4.98 Å². The molecule has 138 valence electrons. The Labute approximate surface area is 154 Å². The van der Waals surface area contributed by atoms with Crippen LogP contribution in [-0.4, -0.2) is 35.4 Å². The fourth-order valence-corrected chi connectivity index (χ4v) is 3.97. The minimum absolute atomic E-state index is 0.163. The van der Waals surface area contributed by atoms with Crippen LogP contribution in [0.3, 0.4) is 0 Å². The average Bonchev–Trinajstić information content (AvgIpc) is 2.89. The standard InChI is InChI=1S/C21H27N3O2/c25-21(17-7-4-12-22-13-10-17)24-14-11-19-18(15-24)23-20(26-19)9-8-16-5-2-1-3-6-16/h1-3,5-6,17,22H,4,7-15H2. The van der Waals surface area contributed by atoms with Crippen LogP contribution in [0.4, 0.5) is 0 Å². The van der Waals surface area contributed by atoms with Gasteiger partial charge in [-0.3, -0.25) is 4.79 Å². The van der Waals surface area contributed by atoms with Crippen molar-refractivity contribution >= 4 is 5.91 Å². The van der Waals surface area contributed by atoms with Gasteiger partial charge in [0.2, 0.25) is 5.91 Å². The highest BCUT2D eigenvalue weighted by Gasteiger charge is 2.30. The largest absolute Gasteiger partial charge is 0.445 e. The maximum absolute atomic E-state index is 12.9. The number of aromatic nitrogens is 1. The monoisotopic (exact) mass is 353 g/mol. The molecule has 0 bridgehead atoms. The normalized spacial score (nSPS) is 20.5. The van der Waals surface area contributed by atoms with Crippen LogP contribution in [0.25, 0.3) is 0 Å². The van der Waals surface area contributed by atoms with E-state index in [1.165, 1.54) is 5.56 Å². The van der Waals surface area contributed by atoms with Crippen LogP contribution < -0.4 is 5.32 Å². The van der Waals surface area contributed by atoms with Gasteiger partial charge in [0.05, 0.1) is 6.54 Å². The molecule has 1 atom stereocenters. The van der Waals surface area contributed by atoms with Crippen molar-refractivity contribution in [2.24, 2.45) is 5.92 Å². The minimum Gasteiger partial charge on any atom is -0.445 e. The van der Waals surface area contributed by atoms with Crippen LogP contribution in [0.15, 0.2) is 34.7 Å². The predicted octanol–water partition coefficient (Wildman–Crippen LogP) is 2.73. The van der Waals surface area contributed by atoms with Crippen molar-refractivity contribution in [1.29, 1.82) is 0 Å². The second kappa shape index (κ2) is 8.04. The van der Waals surface area contributed by atoms with Gasteiger partial charge in [-0.2, -0.15) is 0 Å². The Morgan fingerprint density at radius 3 is 2.96 bits per heavy atom. The third kappa shape index (κ3) is 3.98. The number of rotatable bonds is 4. The van der Waals surface area contributed by atoms with Gasteiger partial charge in [-0.05, 0) is 44.3 Å². The molecule has 2 aliphatic rings. The quantitative estimate of drug-likeness (QED) is 0.918. The molecule has 3 heterocycles. The molecular formula is C21H27N3O2. The molecule has 0 aliphatic carbocycles. The van der Waals surface area contributed by atoms with E-state index in [2.05, 4.69) is 34.6 Å². The van der Waals surface area contributed by atoms with Gasteiger partial charge in [0.25, 0.3) is 0 Å². The zero-order valence-corrected chi connectivity index (χ0v) is 15.2. The van der Waals surface area contributed by atoms with Crippen molar-refractivity contribution in [2.75, 3.05) is 19.6 Å². The summed E-state index contributed by atoms with van der Waals surface area (Å²) >= 11 is 0. The van der Waals surface area contributed by atoms with Crippen molar-refractivity contribution in [3.8, 4) is 0 Å². The van der Waals surface area contributed by atoms with Crippen molar-refractivity contribution in [2.45, 2.75) is 45.1 Å². The molecule has 0 spiro atoms. The molecule has 1 aromatic heterocycles. The fraction of sp³-hybridized carbons (Fsp3) is 0.524. The molecule has 2 aliphatic heterocycles. The lowest BCUT2D eigenvalue weighted by Gasteiger charge is -2.28. The van der Waals surface area contributed by atoms with E-state index in [1.807, 2.05) is 11.0 Å². The van der Waals surface area contributed by atoms with E-state index in [4.69, 9.17) is 4.42 Å². The molecule has 1 aromatic carbocycles. The summed E-state index contributed by atoms with van der Waals surface area (Å²) in [6.45, 7) is 3.33.